The van der Waals surface area contributed by atoms with Gasteiger partial charge >= 0.3 is 30.4 Å². The molecule has 12 rings (SSSR count). The maximum Gasteiger partial charge on any atom is 0.306 e. The van der Waals surface area contributed by atoms with Crippen LogP contribution < -0.4 is 44.4 Å². The highest BCUT2D eigenvalue weighted by molar-refractivity contribution is 7.88. The third kappa shape index (κ3) is 27.9. The Hall–Kier alpha value is -13.6. The van der Waals surface area contributed by atoms with E-state index in [-0.39, 0.29) is 84.3 Å². The molecule has 0 saturated heterocycles. The van der Waals surface area contributed by atoms with Crippen molar-refractivity contribution < 1.29 is 75.6 Å². The molecule has 0 bridgehead atoms. The Morgan fingerprint density at radius 3 is 0.532 bits per heavy atom. The second-order valence-corrected chi connectivity index (χ2v) is 36.8. The molecular formula is C78H84N24O18S6. The van der Waals surface area contributed by atoms with Crippen LogP contribution in [0.1, 0.15) is 103 Å². The van der Waals surface area contributed by atoms with Gasteiger partial charge in [-0.05, 0) is 173 Å². The molecule has 0 unspecified atom stereocenters. The van der Waals surface area contributed by atoms with E-state index >= 15 is 0 Å². The van der Waals surface area contributed by atoms with E-state index in [1.54, 1.807) is 156 Å². The van der Waals surface area contributed by atoms with E-state index in [1.165, 1.54) is 72.9 Å². The molecule has 12 aromatic rings. The van der Waals surface area contributed by atoms with Crippen molar-refractivity contribution in [3.05, 3.63) is 212 Å². The predicted octanol–water partition coefficient (Wildman–Crippen LogP) is 10.9. The zero-order valence-corrected chi connectivity index (χ0v) is 75.6. The minimum atomic E-state index is -4.15. The van der Waals surface area contributed by atoms with Crippen LogP contribution in [-0.2, 0) is 73.3 Å². The van der Waals surface area contributed by atoms with E-state index < -0.39 is 60.7 Å². The predicted molar refractivity (Wildman–Crippen MR) is 470 cm³/mol. The number of anilines is 12. The second kappa shape index (κ2) is 39.9. The molecule has 0 amide bonds. The summed E-state index contributed by atoms with van der Waals surface area (Å²) in [4.78, 5) is 75.0. The molecular weight excluding hydrogens is 1750 g/mol. The first-order valence-corrected chi connectivity index (χ1v) is 46.6. The highest BCUT2D eigenvalue weighted by Crippen LogP contribution is 2.36. The van der Waals surface area contributed by atoms with Crippen molar-refractivity contribution in [3.63, 3.8) is 0 Å². The summed E-state index contributed by atoms with van der Waals surface area (Å²) in [6, 6.07) is 28.0. The summed E-state index contributed by atoms with van der Waals surface area (Å²) in [5.41, 5.74) is 4.44. The normalized spacial score (nSPS) is 12.0. The molecule has 0 saturated carbocycles. The van der Waals surface area contributed by atoms with E-state index in [0.29, 0.717) is 121 Å². The summed E-state index contributed by atoms with van der Waals surface area (Å²) in [7, 11) is -21.0. The number of hydrogen-bond acceptors (Lipinski definition) is 42. The fourth-order valence-electron chi connectivity index (χ4n) is 11.5. The first kappa shape index (κ1) is 94.6. The number of aromatic nitrogens is 18. The van der Waals surface area contributed by atoms with Gasteiger partial charge in [-0.25, -0.2) is 29.9 Å². The maximum absolute atomic E-state index is 12.8. The molecule has 6 aromatic heterocycles. The molecule has 0 spiro atoms. The van der Waals surface area contributed by atoms with Gasteiger partial charge in [-0.15, -0.1) is 0 Å². The van der Waals surface area contributed by atoms with Crippen LogP contribution in [0.25, 0.3) is 36.5 Å². The topological polar surface area (TPSA) is 564 Å². The lowest BCUT2D eigenvalue weighted by Gasteiger charge is -2.12. The lowest BCUT2D eigenvalue weighted by Crippen LogP contribution is -2.08. The van der Waals surface area contributed by atoms with Crippen molar-refractivity contribution in [2.75, 3.05) is 72.0 Å². The Bertz CT molecular complexity index is 6230. The van der Waals surface area contributed by atoms with Gasteiger partial charge in [0, 0.05) is 69.0 Å². The van der Waals surface area contributed by atoms with Gasteiger partial charge in [0.15, 0.2) is 17.2 Å². The highest BCUT2D eigenvalue weighted by atomic mass is 32.2. The maximum atomic E-state index is 12.8. The van der Waals surface area contributed by atoms with E-state index in [9.17, 15) is 50.5 Å². The monoisotopic (exact) mass is 1840 g/mol. The summed E-state index contributed by atoms with van der Waals surface area (Å²) in [6.45, 7) is 20.6. The number of aryl methyl sites for hydroxylation is 12. The number of benzene rings is 6. The van der Waals surface area contributed by atoms with Gasteiger partial charge in [0.05, 0.1) is 40.1 Å². The highest BCUT2D eigenvalue weighted by Gasteiger charge is 2.24. The molecule has 48 heteroatoms. The summed E-state index contributed by atoms with van der Waals surface area (Å²) in [5, 5.41) is 17.9. The number of rotatable bonds is 30. The minimum Gasteiger partial charge on any atom is -0.382 e. The van der Waals surface area contributed by atoms with Crippen LogP contribution >= 0.6 is 0 Å². The quantitative estimate of drug-likeness (QED) is 0.0180. The largest absolute Gasteiger partial charge is 0.382 e. The van der Waals surface area contributed by atoms with Crippen molar-refractivity contribution in [2.45, 2.75) is 97.8 Å². The molecule has 0 atom stereocenters. The van der Waals surface area contributed by atoms with E-state index in [0.717, 1.165) is 40.1 Å². The average molecular weight is 1840 g/mol. The minimum absolute atomic E-state index is 0.00346. The van der Waals surface area contributed by atoms with Crippen LogP contribution in [0.5, 0.6) is 17.2 Å². The lowest BCUT2D eigenvalue weighted by molar-refractivity contribution is 0.396. The van der Waals surface area contributed by atoms with Gasteiger partial charge in [0.2, 0.25) is 35.7 Å². The smallest absolute Gasteiger partial charge is 0.306 e. The van der Waals surface area contributed by atoms with Crippen LogP contribution in [-0.4, -0.2) is 180 Å². The van der Waals surface area contributed by atoms with E-state index in [4.69, 9.17) is 25.1 Å². The molecule has 6 aromatic carbocycles. The van der Waals surface area contributed by atoms with Gasteiger partial charge in [-0.1, -0.05) is 54.7 Å². The van der Waals surface area contributed by atoms with Crippen molar-refractivity contribution in [1.29, 1.82) is 0 Å². The van der Waals surface area contributed by atoms with E-state index in [2.05, 4.69) is 122 Å². The van der Waals surface area contributed by atoms with Crippen LogP contribution in [0.3, 0.4) is 0 Å². The fourth-order valence-corrected chi connectivity index (χ4v) is 15.5. The molecule has 0 fully saturated rings. The van der Waals surface area contributed by atoms with Gasteiger partial charge in [0.1, 0.15) is 84.6 Å². The third-order valence-corrected chi connectivity index (χ3v) is 21.7. The Balaban J connectivity index is 0.000000197. The first-order chi connectivity index (χ1) is 59.1. The summed E-state index contributed by atoms with van der Waals surface area (Å²) in [6.07, 6.45) is 11.8. The fraction of sp³-hybridized carbons (Fsp3) is 0.231. The number of nitrogens with one attached hydrogen (secondary N) is 6. The van der Waals surface area contributed by atoms with Gasteiger partial charge in [0.25, 0.3) is 30.4 Å². The molecule has 0 aliphatic rings. The van der Waals surface area contributed by atoms with Crippen molar-refractivity contribution in [3.8, 4) is 17.2 Å². The molecule has 0 aliphatic heterocycles. The summed E-state index contributed by atoms with van der Waals surface area (Å²) >= 11 is 0. The third-order valence-electron chi connectivity index (χ3n) is 16.3. The van der Waals surface area contributed by atoms with Crippen molar-refractivity contribution in [2.24, 2.45) is 0 Å². The van der Waals surface area contributed by atoms with Crippen LogP contribution in [0.15, 0.2) is 124 Å². The van der Waals surface area contributed by atoms with Gasteiger partial charge in [-0.3, -0.25) is 12.5 Å². The Kier molecular flexibility index (Phi) is 30.0. The Morgan fingerprint density at radius 1 is 0.222 bits per heavy atom. The average Bonchev–Trinajstić information content (AvgIpc) is 0.808. The Labute approximate surface area is 727 Å². The number of nitrogens with zero attached hydrogens (tertiary/aromatic N) is 18. The first-order valence-electron chi connectivity index (χ1n) is 36.9. The standard InChI is InChI=1S/3C26H28N8O6S2/c3*1-15-27-16(2)30-25(29-15)33-21-11-9-19(23(13-21)40-41(6,35)36)7-8-20-10-12-22(14-24(20)42(37,38)39-5)34-26-31-17(3)28-18(4)32-26/h3*7-14H,1-6H3,(H,27,29,30,33)(H,28,31,32,34)/b3*8-7+. The van der Waals surface area contributed by atoms with Crippen molar-refractivity contribution >= 4 is 167 Å². The van der Waals surface area contributed by atoms with Crippen LogP contribution in [0, 0.1) is 83.1 Å². The zero-order valence-electron chi connectivity index (χ0n) is 70.7. The second-order valence-electron chi connectivity index (χ2n) is 27.0. The molecule has 660 valence electrons. The van der Waals surface area contributed by atoms with Crippen LogP contribution in [0.2, 0.25) is 0 Å². The zero-order chi connectivity index (χ0) is 92.0. The Morgan fingerprint density at radius 2 is 0.373 bits per heavy atom. The molecule has 0 aliphatic carbocycles. The van der Waals surface area contributed by atoms with Gasteiger partial charge in [-0.2, -0.15) is 110 Å². The van der Waals surface area contributed by atoms with Crippen LogP contribution in [0.4, 0.5) is 69.8 Å². The summed E-state index contributed by atoms with van der Waals surface area (Å²) < 4.78 is 179. The lowest BCUT2D eigenvalue weighted by atomic mass is 10.1. The molecule has 42 nitrogen and oxygen atoms in total. The molecule has 6 heterocycles. The number of hydrogen-bond donors (Lipinski definition) is 6. The molecule has 0 radical (unpaired) electrons. The summed E-state index contributed by atoms with van der Waals surface area (Å²) in [5.74, 6) is 7.66. The SMILES string of the molecule is COS(=O)(=O)c1cc(Nc2nc(C)nc(C)n2)ccc1/C=C/c1ccc(Nc2nc(C)nc(C)n2)cc1OS(C)(=O)=O.COS(=O)(=O)c1cc(Nc2nc(C)nc(C)n2)ccc1/C=C/c1ccc(Nc2nc(C)nc(C)n2)cc1OS(C)(=O)=O.COS(=O)(=O)c1cc(Nc2nc(C)nc(C)n2)ccc1/C=C/c1ccc(Nc2nc(C)nc(C)n2)cc1OS(C)(=O)=O. The van der Waals surface area contributed by atoms with Crippen molar-refractivity contribution in [1.82, 2.24) is 89.7 Å². The van der Waals surface area contributed by atoms with Gasteiger partial charge < -0.3 is 44.4 Å². The van der Waals surface area contributed by atoms with E-state index in [1.807, 2.05) is 0 Å². The molecule has 126 heavy (non-hydrogen) atoms. The molecule has 6 N–H and O–H groups in total.